The zero-order valence-corrected chi connectivity index (χ0v) is 14.1. The predicted octanol–water partition coefficient (Wildman–Crippen LogP) is 3.07. The average molecular weight is 350 g/mol. The normalized spacial score (nSPS) is 13.1. The molecule has 3 rings (SSSR count). The Labute approximate surface area is 146 Å². The van der Waals surface area contributed by atoms with Crippen LogP contribution in [-0.2, 0) is 11.3 Å². The molecule has 0 bridgehead atoms. The highest BCUT2D eigenvalue weighted by Crippen LogP contribution is 2.31. The molecule has 1 saturated carbocycles. The number of aryl methyl sites for hydroxylation is 1. The van der Waals surface area contributed by atoms with E-state index in [2.05, 4.69) is 10.6 Å². The molecule has 4 N–H and O–H groups in total. The van der Waals surface area contributed by atoms with Crippen molar-refractivity contribution < 1.29 is 14.0 Å². The maximum absolute atomic E-state index is 12.2. The first-order valence-electron chi connectivity index (χ1n) is 7.57. The van der Waals surface area contributed by atoms with Crippen molar-refractivity contribution in [2.24, 2.45) is 11.7 Å². The molecule has 0 radical (unpaired) electrons. The predicted molar refractivity (Wildman–Crippen MR) is 94.3 cm³/mol. The molecule has 1 aromatic carbocycles. The Morgan fingerprint density at radius 3 is 2.62 bits per heavy atom. The van der Waals surface area contributed by atoms with Gasteiger partial charge in [0, 0.05) is 17.3 Å². The second-order valence-corrected chi connectivity index (χ2v) is 5.75. The largest absolute Gasteiger partial charge is 0.467 e. The van der Waals surface area contributed by atoms with Crippen LogP contribution in [0.3, 0.4) is 0 Å². The summed E-state index contributed by atoms with van der Waals surface area (Å²) >= 11 is 0. The molecule has 0 saturated heterocycles. The molecule has 1 fully saturated rings. The number of carbonyl (C=O) groups excluding carboxylic acids is 2. The minimum atomic E-state index is -0.276. The van der Waals surface area contributed by atoms with E-state index in [1.165, 1.54) is 6.26 Å². The molecule has 1 heterocycles. The van der Waals surface area contributed by atoms with Crippen LogP contribution in [0, 0.1) is 12.8 Å². The van der Waals surface area contributed by atoms with E-state index in [0.717, 1.165) is 18.4 Å². The molecular weight excluding hydrogens is 330 g/mol. The zero-order valence-electron chi connectivity index (χ0n) is 13.3. The van der Waals surface area contributed by atoms with Crippen molar-refractivity contribution in [3.8, 4) is 0 Å². The Bertz CT molecular complexity index is 753. The number of hydrogen-bond acceptors (Lipinski definition) is 4. The monoisotopic (exact) mass is 349 g/mol. The number of hydrogen-bond donors (Lipinski definition) is 3. The first-order chi connectivity index (χ1) is 11.1. The lowest BCUT2D eigenvalue weighted by atomic mass is 10.1. The van der Waals surface area contributed by atoms with E-state index in [9.17, 15) is 9.59 Å². The fraction of sp³-hybridized carbons (Fsp3) is 0.294. The topological polar surface area (TPSA) is 97.4 Å². The molecule has 0 unspecified atom stereocenters. The second-order valence-electron chi connectivity index (χ2n) is 5.75. The number of rotatable bonds is 5. The third-order valence-corrected chi connectivity index (χ3v) is 3.82. The number of carbonyl (C=O) groups is 2. The molecule has 0 aliphatic heterocycles. The molecule has 0 atom stereocenters. The molecule has 1 aliphatic rings. The lowest BCUT2D eigenvalue weighted by Crippen LogP contribution is -2.15. The molecule has 2 amide bonds. The number of benzene rings is 1. The Hall–Kier alpha value is -2.31. The van der Waals surface area contributed by atoms with Crippen LogP contribution < -0.4 is 16.4 Å². The van der Waals surface area contributed by atoms with Gasteiger partial charge < -0.3 is 20.8 Å². The summed E-state index contributed by atoms with van der Waals surface area (Å²) in [5.41, 5.74) is 8.12. The van der Waals surface area contributed by atoms with Crippen LogP contribution in [0.2, 0.25) is 0 Å². The molecule has 24 heavy (non-hydrogen) atoms. The van der Waals surface area contributed by atoms with Crippen molar-refractivity contribution in [2.45, 2.75) is 26.3 Å². The second kappa shape index (κ2) is 7.51. The van der Waals surface area contributed by atoms with Crippen LogP contribution in [0.5, 0.6) is 0 Å². The first kappa shape index (κ1) is 18.0. The van der Waals surface area contributed by atoms with Gasteiger partial charge in [0.25, 0.3) is 5.91 Å². The van der Waals surface area contributed by atoms with Gasteiger partial charge in [-0.25, -0.2) is 0 Å². The highest BCUT2D eigenvalue weighted by Gasteiger charge is 2.29. The van der Waals surface area contributed by atoms with Crippen LogP contribution in [-0.4, -0.2) is 11.8 Å². The van der Waals surface area contributed by atoms with E-state index < -0.39 is 0 Å². The van der Waals surface area contributed by atoms with Crippen molar-refractivity contribution in [3.63, 3.8) is 0 Å². The summed E-state index contributed by atoms with van der Waals surface area (Å²) in [5.74, 6) is 0.447. The SMILES string of the molecule is Cc1ccc(NC(=O)C2CC2)cc1NC(=O)c1coc(CN)c1.Cl. The number of halogens is 1. The van der Waals surface area contributed by atoms with Crippen molar-refractivity contribution in [2.75, 3.05) is 10.6 Å². The lowest BCUT2D eigenvalue weighted by Gasteiger charge is -2.11. The summed E-state index contributed by atoms with van der Waals surface area (Å²) in [7, 11) is 0. The quantitative estimate of drug-likeness (QED) is 0.772. The minimum absolute atomic E-state index is 0. The van der Waals surface area contributed by atoms with Gasteiger partial charge in [-0.05, 0) is 43.5 Å². The molecule has 2 aromatic rings. The van der Waals surface area contributed by atoms with Gasteiger partial charge in [0.2, 0.25) is 5.91 Å². The van der Waals surface area contributed by atoms with Gasteiger partial charge in [0.05, 0.1) is 12.1 Å². The Kier molecular flexibility index (Phi) is 5.64. The fourth-order valence-electron chi connectivity index (χ4n) is 2.23. The highest BCUT2D eigenvalue weighted by molar-refractivity contribution is 6.05. The summed E-state index contributed by atoms with van der Waals surface area (Å²) in [6.07, 6.45) is 3.28. The van der Waals surface area contributed by atoms with E-state index in [1.807, 2.05) is 19.1 Å². The van der Waals surface area contributed by atoms with E-state index in [4.69, 9.17) is 10.2 Å². The zero-order chi connectivity index (χ0) is 16.4. The molecule has 7 heteroatoms. The van der Waals surface area contributed by atoms with Crippen LogP contribution >= 0.6 is 12.4 Å². The minimum Gasteiger partial charge on any atom is -0.467 e. The van der Waals surface area contributed by atoms with Gasteiger partial charge in [-0.2, -0.15) is 0 Å². The van der Waals surface area contributed by atoms with Gasteiger partial charge in [-0.1, -0.05) is 6.07 Å². The van der Waals surface area contributed by atoms with Gasteiger partial charge in [-0.15, -0.1) is 12.4 Å². The van der Waals surface area contributed by atoms with Crippen molar-refractivity contribution in [3.05, 3.63) is 47.4 Å². The van der Waals surface area contributed by atoms with Gasteiger partial charge >= 0.3 is 0 Å². The number of anilines is 2. The fourth-order valence-corrected chi connectivity index (χ4v) is 2.23. The molecule has 128 valence electrons. The molecule has 1 aliphatic carbocycles. The van der Waals surface area contributed by atoms with Gasteiger partial charge in [0.1, 0.15) is 12.0 Å². The van der Waals surface area contributed by atoms with Crippen LogP contribution in [0.4, 0.5) is 11.4 Å². The van der Waals surface area contributed by atoms with E-state index in [0.29, 0.717) is 22.7 Å². The van der Waals surface area contributed by atoms with Crippen molar-refractivity contribution in [1.82, 2.24) is 0 Å². The summed E-state index contributed by atoms with van der Waals surface area (Å²) < 4.78 is 5.17. The first-order valence-corrected chi connectivity index (χ1v) is 7.57. The molecule has 6 nitrogen and oxygen atoms in total. The average Bonchev–Trinajstić information content (AvgIpc) is 3.28. The maximum atomic E-state index is 12.2. The van der Waals surface area contributed by atoms with Crippen molar-refractivity contribution >= 4 is 35.6 Å². The maximum Gasteiger partial charge on any atom is 0.258 e. The molecule has 0 spiro atoms. The Morgan fingerprint density at radius 1 is 1.25 bits per heavy atom. The van der Waals surface area contributed by atoms with E-state index in [1.54, 1.807) is 12.1 Å². The van der Waals surface area contributed by atoms with Crippen LogP contribution in [0.15, 0.2) is 34.9 Å². The summed E-state index contributed by atoms with van der Waals surface area (Å²) in [4.78, 5) is 24.1. The van der Waals surface area contributed by atoms with Crippen LogP contribution in [0.25, 0.3) is 0 Å². The van der Waals surface area contributed by atoms with Crippen LogP contribution in [0.1, 0.15) is 34.5 Å². The van der Waals surface area contributed by atoms with E-state index >= 15 is 0 Å². The Morgan fingerprint density at radius 2 is 2.00 bits per heavy atom. The molecule has 1 aromatic heterocycles. The number of nitrogens with two attached hydrogens (primary N) is 1. The highest BCUT2D eigenvalue weighted by atomic mass is 35.5. The lowest BCUT2D eigenvalue weighted by molar-refractivity contribution is -0.117. The number of furan rings is 1. The molecular formula is C17H20ClN3O3. The van der Waals surface area contributed by atoms with E-state index in [-0.39, 0.29) is 36.7 Å². The standard InChI is InChI=1S/C17H19N3O3.ClH/c1-10-2-5-13(19-16(21)11-3-4-11)7-15(10)20-17(22)12-6-14(8-18)23-9-12;/h2,5-7,9,11H,3-4,8,18H2,1H3,(H,19,21)(H,20,22);1H. The van der Waals surface area contributed by atoms with Crippen molar-refractivity contribution in [1.29, 1.82) is 0 Å². The smallest absolute Gasteiger partial charge is 0.258 e. The number of nitrogens with one attached hydrogen (secondary N) is 2. The third-order valence-electron chi connectivity index (χ3n) is 3.82. The summed E-state index contributed by atoms with van der Waals surface area (Å²) in [5, 5.41) is 5.70. The Balaban J connectivity index is 0.00000208. The summed E-state index contributed by atoms with van der Waals surface area (Å²) in [6, 6.07) is 7.06. The summed E-state index contributed by atoms with van der Waals surface area (Å²) in [6.45, 7) is 2.14. The third kappa shape index (κ3) is 4.15. The van der Waals surface area contributed by atoms with Gasteiger partial charge in [-0.3, -0.25) is 9.59 Å². The van der Waals surface area contributed by atoms with Gasteiger partial charge in [0.15, 0.2) is 0 Å². The number of amides is 2.